The summed E-state index contributed by atoms with van der Waals surface area (Å²) in [6.45, 7) is 4.90. The van der Waals surface area contributed by atoms with E-state index in [1.165, 1.54) is 29.2 Å². The third-order valence-electron chi connectivity index (χ3n) is 5.50. The number of likely N-dealkylation sites (tertiary alicyclic amines) is 1. The number of halogens is 1. The fraction of sp³-hybridized carbons (Fsp3) is 0.435. The van der Waals surface area contributed by atoms with Crippen molar-refractivity contribution in [3.05, 3.63) is 58.0 Å². The first-order chi connectivity index (χ1) is 15.3. The average molecular weight is 461 g/mol. The summed E-state index contributed by atoms with van der Waals surface area (Å²) in [6.07, 6.45) is 0.327. The Kier molecular flexibility index (Phi) is 7.98. The average Bonchev–Trinajstić information content (AvgIpc) is 3.45. The molecule has 0 radical (unpaired) electrons. The van der Waals surface area contributed by atoms with Crippen LogP contribution in [0.1, 0.15) is 35.5 Å². The van der Waals surface area contributed by atoms with Gasteiger partial charge < -0.3 is 20.9 Å². The predicted octanol–water partition coefficient (Wildman–Crippen LogP) is 2.23. The molecule has 3 rings (SSSR count). The van der Waals surface area contributed by atoms with Crippen molar-refractivity contribution in [1.82, 2.24) is 15.1 Å². The molecule has 2 atom stereocenters. The molecular formula is C23H29FN4O3S. The number of hydrogen-bond acceptors (Lipinski definition) is 5. The molecule has 2 aromatic rings. The van der Waals surface area contributed by atoms with Gasteiger partial charge in [0.1, 0.15) is 11.9 Å². The minimum absolute atomic E-state index is 0.0272. The van der Waals surface area contributed by atoms with E-state index in [1.54, 1.807) is 16.2 Å². The van der Waals surface area contributed by atoms with Crippen LogP contribution in [0.5, 0.6) is 0 Å². The van der Waals surface area contributed by atoms with Gasteiger partial charge in [-0.15, -0.1) is 11.3 Å². The smallest absolute Gasteiger partial charge is 0.254 e. The molecule has 1 aromatic heterocycles. The van der Waals surface area contributed by atoms with Gasteiger partial charge in [-0.1, -0.05) is 19.9 Å². The molecule has 1 aliphatic heterocycles. The van der Waals surface area contributed by atoms with Gasteiger partial charge in [-0.3, -0.25) is 14.4 Å². The summed E-state index contributed by atoms with van der Waals surface area (Å²) in [5, 5.41) is 4.71. The van der Waals surface area contributed by atoms with Gasteiger partial charge in [0.15, 0.2) is 0 Å². The highest BCUT2D eigenvalue weighted by Gasteiger charge is 2.43. The summed E-state index contributed by atoms with van der Waals surface area (Å²) in [7, 11) is 0. The maximum absolute atomic E-state index is 13.3. The van der Waals surface area contributed by atoms with Gasteiger partial charge in [0.2, 0.25) is 11.8 Å². The van der Waals surface area contributed by atoms with Crippen LogP contribution in [-0.2, 0) is 16.1 Å². The lowest BCUT2D eigenvalue weighted by molar-refractivity contribution is -0.137. The van der Waals surface area contributed by atoms with Crippen LogP contribution in [-0.4, -0.2) is 59.2 Å². The van der Waals surface area contributed by atoms with Crippen LogP contribution in [0.3, 0.4) is 0 Å². The fourth-order valence-electron chi connectivity index (χ4n) is 3.87. The quantitative estimate of drug-likeness (QED) is 0.632. The highest BCUT2D eigenvalue weighted by atomic mass is 32.1. The van der Waals surface area contributed by atoms with Crippen molar-refractivity contribution < 1.29 is 18.8 Å². The first-order valence-electron chi connectivity index (χ1n) is 10.7. The number of hydrogen-bond donors (Lipinski definition) is 2. The van der Waals surface area contributed by atoms with Gasteiger partial charge in [-0.25, -0.2) is 4.39 Å². The largest absolute Gasteiger partial charge is 0.353 e. The minimum Gasteiger partial charge on any atom is -0.353 e. The number of amides is 3. The molecule has 0 saturated carbocycles. The Morgan fingerprint density at radius 3 is 2.56 bits per heavy atom. The Labute approximate surface area is 191 Å². The van der Waals surface area contributed by atoms with E-state index in [9.17, 15) is 18.8 Å². The van der Waals surface area contributed by atoms with Crippen LogP contribution in [0.25, 0.3) is 0 Å². The van der Waals surface area contributed by atoms with E-state index >= 15 is 0 Å². The van der Waals surface area contributed by atoms with Gasteiger partial charge in [0.05, 0.1) is 12.6 Å². The third-order valence-corrected chi connectivity index (χ3v) is 6.36. The summed E-state index contributed by atoms with van der Waals surface area (Å²) < 4.78 is 13.3. The van der Waals surface area contributed by atoms with E-state index in [2.05, 4.69) is 5.32 Å². The highest BCUT2D eigenvalue weighted by molar-refractivity contribution is 7.09. The Balaban J connectivity index is 1.88. The Morgan fingerprint density at radius 1 is 1.25 bits per heavy atom. The first-order valence-corrected chi connectivity index (χ1v) is 11.6. The number of nitrogens with one attached hydrogen (secondary N) is 1. The normalized spacial score (nSPS) is 18.1. The molecule has 0 spiro atoms. The highest BCUT2D eigenvalue weighted by Crippen LogP contribution is 2.28. The van der Waals surface area contributed by atoms with Crippen LogP contribution in [0.4, 0.5) is 4.39 Å². The molecule has 1 fully saturated rings. The van der Waals surface area contributed by atoms with Crippen LogP contribution in [0.15, 0.2) is 41.8 Å². The summed E-state index contributed by atoms with van der Waals surface area (Å²) in [5.74, 6) is -1.36. The second-order valence-electron chi connectivity index (χ2n) is 8.15. The van der Waals surface area contributed by atoms with Gasteiger partial charge in [0.25, 0.3) is 5.91 Å². The van der Waals surface area contributed by atoms with Gasteiger partial charge in [-0.2, -0.15) is 0 Å². The molecule has 2 unspecified atom stereocenters. The maximum Gasteiger partial charge on any atom is 0.254 e. The van der Waals surface area contributed by atoms with E-state index in [1.807, 2.05) is 31.4 Å². The van der Waals surface area contributed by atoms with Crippen LogP contribution >= 0.6 is 11.3 Å². The molecule has 32 heavy (non-hydrogen) atoms. The Bertz CT molecular complexity index is 933. The zero-order chi connectivity index (χ0) is 23.3. The van der Waals surface area contributed by atoms with Gasteiger partial charge in [-0.05, 0) is 42.1 Å². The number of nitrogens with two attached hydrogens (primary N) is 1. The summed E-state index contributed by atoms with van der Waals surface area (Å²) in [4.78, 5) is 43.5. The molecule has 9 heteroatoms. The summed E-state index contributed by atoms with van der Waals surface area (Å²) in [5.41, 5.74) is 5.81. The maximum atomic E-state index is 13.3. The van der Waals surface area contributed by atoms with E-state index < -0.39 is 11.9 Å². The molecule has 1 aliphatic rings. The van der Waals surface area contributed by atoms with Crippen LogP contribution < -0.4 is 11.1 Å². The number of rotatable bonds is 8. The number of benzene rings is 1. The van der Waals surface area contributed by atoms with E-state index in [4.69, 9.17) is 5.73 Å². The van der Waals surface area contributed by atoms with Crippen LogP contribution in [0, 0.1) is 11.7 Å². The number of carbonyl (C=O) groups is 3. The second kappa shape index (κ2) is 10.7. The molecule has 2 heterocycles. The fourth-order valence-corrected chi connectivity index (χ4v) is 4.58. The zero-order valence-electron chi connectivity index (χ0n) is 18.3. The first kappa shape index (κ1) is 23.9. The third kappa shape index (κ3) is 5.52. The monoisotopic (exact) mass is 460 g/mol. The standard InChI is InChI=1S/C23H29FN4O3S/c1-15(2)22(30)27(14-19-4-3-11-32-19)18-12-20(21(29)26-10-9-25)28(13-18)23(31)16-5-7-17(24)8-6-16/h3-8,11,15,18,20H,9-10,12-14,25H2,1-2H3,(H,26,29). The van der Waals surface area contributed by atoms with E-state index in [0.29, 0.717) is 25.1 Å². The molecule has 7 nitrogen and oxygen atoms in total. The van der Waals surface area contributed by atoms with Crippen molar-refractivity contribution >= 4 is 29.1 Å². The van der Waals surface area contributed by atoms with Crippen molar-refractivity contribution in [2.24, 2.45) is 11.7 Å². The number of thiophene rings is 1. The lowest BCUT2D eigenvalue weighted by atomic mass is 10.1. The SMILES string of the molecule is CC(C)C(=O)N(Cc1cccs1)C1CC(C(=O)NCCN)N(C(=O)c2ccc(F)cc2)C1. The molecule has 3 N–H and O–H groups in total. The number of nitrogens with zero attached hydrogens (tertiary/aromatic N) is 2. The van der Waals surface area contributed by atoms with Crippen molar-refractivity contribution in [3.8, 4) is 0 Å². The Morgan fingerprint density at radius 2 is 1.97 bits per heavy atom. The van der Waals surface area contributed by atoms with Gasteiger partial charge in [0, 0.05) is 36.0 Å². The van der Waals surface area contributed by atoms with Crippen molar-refractivity contribution in [2.45, 2.75) is 38.9 Å². The van der Waals surface area contributed by atoms with E-state index in [0.717, 1.165) is 4.88 Å². The van der Waals surface area contributed by atoms with Crippen molar-refractivity contribution in [3.63, 3.8) is 0 Å². The summed E-state index contributed by atoms with van der Waals surface area (Å²) >= 11 is 1.56. The topological polar surface area (TPSA) is 95.7 Å². The van der Waals surface area contributed by atoms with Crippen LogP contribution in [0.2, 0.25) is 0 Å². The van der Waals surface area contributed by atoms with Crippen molar-refractivity contribution in [1.29, 1.82) is 0 Å². The molecule has 1 saturated heterocycles. The molecular weight excluding hydrogens is 431 g/mol. The summed E-state index contributed by atoms with van der Waals surface area (Å²) in [6, 6.07) is 8.09. The molecule has 0 aliphatic carbocycles. The minimum atomic E-state index is -0.741. The predicted molar refractivity (Wildman–Crippen MR) is 121 cm³/mol. The zero-order valence-corrected chi connectivity index (χ0v) is 19.1. The second-order valence-corrected chi connectivity index (χ2v) is 9.18. The molecule has 172 valence electrons. The van der Waals surface area contributed by atoms with E-state index in [-0.39, 0.29) is 42.8 Å². The Hall–Kier alpha value is -2.78. The molecule has 0 bridgehead atoms. The number of carbonyl (C=O) groups excluding carboxylic acids is 3. The lowest BCUT2D eigenvalue weighted by Crippen LogP contribution is -2.47. The van der Waals surface area contributed by atoms with Crippen molar-refractivity contribution in [2.75, 3.05) is 19.6 Å². The molecule has 1 aromatic carbocycles. The van der Waals surface area contributed by atoms with Gasteiger partial charge >= 0.3 is 0 Å². The lowest BCUT2D eigenvalue weighted by Gasteiger charge is -2.30. The molecule has 3 amide bonds.